The first-order valence-corrected chi connectivity index (χ1v) is 7.80. The van der Waals surface area contributed by atoms with Crippen molar-refractivity contribution in [3.05, 3.63) is 0 Å². The number of carbonyl (C=O) groups excluding carboxylic acids is 1. The third-order valence-corrected chi connectivity index (χ3v) is 3.73. The van der Waals surface area contributed by atoms with Crippen molar-refractivity contribution in [2.24, 2.45) is 0 Å². The smallest absolute Gasteiger partial charge is 0.410 e. The minimum absolute atomic E-state index is 0.327. The van der Waals surface area contributed by atoms with Crippen molar-refractivity contribution in [3.63, 3.8) is 0 Å². The van der Waals surface area contributed by atoms with Crippen LogP contribution >= 0.6 is 0 Å². The number of piperazine rings is 1. The number of carbonyl (C=O) groups is 1. The van der Waals surface area contributed by atoms with Gasteiger partial charge in [-0.1, -0.05) is 6.92 Å². The molecule has 1 aliphatic rings. The molecular weight excluding hydrogens is 288 g/mol. The number of aliphatic hydroxyl groups is 2. The number of nitrogens with zero attached hydrogens (tertiary/aromatic N) is 2. The van der Waals surface area contributed by atoms with Crippen molar-refractivity contribution in [3.8, 4) is 0 Å². The van der Waals surface area contributed by atoms with E-state index in [0.29, 0.717) is 32.6 Å². The van der Waals surface area contributed by atoms with Crippen LogP contribution in [-0.2, 0) is 9.47 Å². The molecule has 1 amide bonds. The Kier molecular flexibility index (Phi) is 7.05. The lowest BCUT2D eigenvalue weighted by molar-refractivity contribution is -0.157. The molecule has 22 heavy (non-hydrogen) atoms. The molecule has 0 aromatic carbocycles. The van der Waals surface area contributed by atoms with Gasteiger partial charge in [-0.3, -0.25) is 4.90 Å². The van der Waals surface area contributed by atoms with Crippen LogP contribution in [0.4, 0.5) is 4.79 Å². The van der Waals surface area contributed by atoms with E-state index in [1.54, 1.807) is 4.90 Å². The van der Waals surface area contributed by atoms with Crippen LogP contribution in [0.25, 0.3) is 0 Å². The summed E-state index contributed by atoms with van der Waals surface area (Å²) < 4.78 is 10.3. The predicted octanol–water partition coefficient (Wildman–Crippen LogP) is 0.643. The van der Waals surface area contributed by atoms with Crippen molar-refractivity contribution < 1.29 is 24.5 Å². The molecule has 1 heterocycles. The number of rotatable bonds is 5. The predicted molar refractivity (Wildman–Crippen MR) is 82.5 cm³/mol. The van der Waals surface area contributed by atoms with Gasteiger partial charge < -0.3 is 24.6 Å². The van der Waals surface area contributed by atoms with Gasteiger partial charge in [0.05, 0.1) is 12.1 Å². The summed E-state index contributed by atoms with van der Waals surface area (Å²) in [6.07, 6.45) is -1.53. The van der Waals surface area contributed by atoms with Crippen LogP contribution in [0.15, 0.2) is 0 Å². The van der Waals surface area contributed by atoms with Crippen LogP contribution in [0.5, 0.6) is 0 Å². The highest BCUT2D eigenvalue weighted by atomic mass is 16.6. The summed E-state index contributed by atoms with van der Waals surface area (Å²) in [5, 5.41) is 20.1. The lowest BCUT2D eigenvalue weighted by Crippen LogP contribution is -2.59. The summed E-state index contributed by atoms with van der Waals surface area (Å²) in [5.74, 6) is 0. The highest BCUT2D eigenvalue weighted by Gasteiger charge is 2.35. The van der Waals surface area contributed by atoms with Crippen molar-refractivity contribution >= 4 is 6.09 Å². The Bertz CT molecular complexity index is 340. The second kappa shape index (κ2) is 8.10. The van der Waals surface area contributed by atoms with Gasteiger partial charge >= 0.3 is 6.09 Å². The number of amides is 1. The number of aliphatic hydroxyl groups excluding tert-OH is 2. The zero-order valence-electron chi connectivity index (χ0n) is 14.3. The maximum Gasteiger partial charge on any atom is 0.410 e. The highest BCUT2D eigenvalue weighted by molar-refractivity contribution is 5.68. The lowest BCUT2D eigenvalue weighted by Gasteiger charge is -2.42. The quantitative estimate of drug-likeness (QED) is 0.724. The topological polar surface area (TPSA) is 82.5 Å². The fourth-order valence-electron chi connectivity index (χ4n) is 2.52. The Labute approximate surface area is 132 Å². The van der Waals surface area contributed by atoms with E-state index in [0.717, 1.165) is 0 Å². The summed E-state index contributed by atoms with van der Waals surface area (Å²) in [4.78, 5) is 15.6. The number of methoxy groups -OCH3 is 1. The molecule has 0 aromatic heterocycles. The monoisotopic (exact) mass is 318 g/mol. The largest absolute Gasteiger partial charge is 0.444 e. The van der Waals surface area contributed by atoms with Crippen molar-refractivity contribution in [2.75, 3.05) is 33.3 Å². The van der Waals surface area contributed by atoms with Crippen LogP contribution in [0.3, 0.4) is 0 Å². The molecule has 1 saturated heterocycles. The van der Waals surface area contributed by atoms with Crippen LogP contribution < -0.4 is 0 Å². The summed E-state index contributed by atoms with van der Waals surface area (Å²) in [7, 11) is 1.41. The molecule has 2 N–H and O–H groups in total. The Balaban J connectivity index is 2.60. The second-order valence-electron chi connectivity index (χ2n) is 6.60. The van der Waals surface area contributed by atoms with E-state index in [-0.39, 0.29) is 6.09 Å². The van der Waals surface area contributed by atoms with Gasteiger partial charge in [-0.2, -0.15) is 0 Å². The zero-order valence-corrected chi connectivity index (χ0v) is 14.3. The van der Waals surface area contributed by atoms with Gasteiger partial charge in [0.1, 0.15) is 5.60 Å². The molecule has 0 spiro atoms. The van der Waals surface area contributed by atoms with Gasteiger partial charge in [-0.15, -0.1) is 0 Å². The Morgan fingerprint density at radius 1 is 1.18 bits per heavy atom. The summed E-state index contributed by atoms with van der Waals surface area (Å²) in [6.45, 7) is 9.48. The van der Waals surface area contributed by atoms with E-state index in [1.165, 1.54) is 7.11 Å². The fraction of sp³-hybridized carbons (Fsp3) is 0.933. The molecule has 3 unspecified atom stereocenters. The molecule has 1 aliphatic heterocycles. The van der Waals surface area contributed by atoms with Crippen LogP contribution in [0.2, 0.25) is 0 Å². The SMILES string of the molecule is CCC(O)C(C(O)OC)N1CCN(C(=O)OC(C)(C)C)CC1. The highest BCUT2D eigenvalue weighted by Crippen LogP contribution is 2.17. The van der Waals surface area contributed by atoms with Gasteiger partial charge in [0.15, 0.2) is 6.29 Å². The zero-order chi connectivity index (χ0) is 16.9. The van der Waals surface area contributed by atoms with E-state index in [9.17, 15) is 15.0 Å². The first-order valence-electron chi connectivity index (χ1n) is 7.80. The Hall–Kier alpha value is -0.890. The molecule has 0 bridgehead atoms. The molecule has 7 heteroatoms. The van der Waals surface area contributed by atoms with Crippen molar-refractivity contribution in [1.29, 1.82) is 0 Å². The molecule has 0 aliphatic carbocycles. The molecule has 7 nitrogen and oxygen atoms in total. The first-order chi connectivity index (χ1) is 10.2. The summed E-state index contributed by atoms with van der Waals surface area (Å²) >= 11 is 0. The number of ether oxygens (including phenoxy) is 2. The van der Waals surface area contributed by atoms with E-state index in [4.69, 9.17) is 9.47 Å². The average Bonchev–Trinajstić information content (AvgIpc) is 2.45. The minimum atomic E-state index is -1.05. The van der Waals surface area contributed by atoms with Crippen molar-refractivity contribution in [1.82, 2.24) is 9.80 Å². The Morgan fingerprint density at radius 3 is 2.14 bits per heavy atom. The van der Waals surface area contributed by atoms with E-state index < -0.39 is 24.0 Å². The molecule has 0 aromatic rings. The second-order valence-corrected chi connectivity index (χ2v) is 6.60. The maximum absolute atomic E-state index is 12.0. The Morgan fingerprint density at radius 2 is 1.73 bits per heavy atom. The van der Waals surface area contributed by atoms with Gasteiger partial charge in [0.2, 0.25) is 0 Å². The minimum Gasteiger partial charge on any atom is -0.444 e. The van der Waals surface area contributed by atoms with Crippen LogP contribution in [-0.4, -0.2) is 83.4 Å². The number of hydrogen-bond acceptors (Lipinski definition) is 6. The van der Waals surface area contributed by atoms with Crippen LogP contribution in [0, 0.1) is 0 Å². The standard InChI is InChI=1S/C15H30N2O5/c1-6-11(18)12(13(19)21-5)16-7-9-17(10-8-16)14(20)22-15(2,3)4/h11-13,18-19H,6-10H2,1-5H3. The van der Waals surface area contributed by atoms with E-state index in [2.05, 4.69) is 0 Å². The normalized spacial score (nSPS) is 21.3. The van der Waals surface area contributed by atoms with Crippen LogP contribution in [0.1, 0.15) is 34.1 Å². The maximum atomic E-state index is 12.0. The first kappa shape index (κ1) is 19.2. The fourth-order valence-corrected chi connectivity index (χ4v) is 2.52. The van der Waals surface area contributed by atoms with E-state index in [1.807, 2.05) is 32.6 Å². The lowest BCUT2D eigenvalue weighted by atomic mass is 10.1. The summed E-state index contributed by atoms with van der Waals surface area (Å²) in [6, 6.07) is -0.490. The van der Waals surface area contributed by atoms with Gasteiger partial charge in [0.25, 0.3) is 0 Å². The molecule has 0 saturated carbocycles. The summed E-state index contributed by atoms with van der Waals surface area (Å²) in [5.41, 5.74) is -0.512. The molecule has 0 radical (unpaired) electrons. The van der Waals surface area contributed by atoms with Gasteiger partial charge in [-0.25, -0.2) is 4.79 Å². The van der Waals surface area contributed by atoms with E-state index >= 15 is 0 Å². The third-order valence-electron chi connectivity index (χ3n) is 3.73. The number of hydrogen-bond donors (Lipinski definition) is 2. The molecule has 3 atom stereocenters. The van der Waals surface area contributed by atoms with Gasteiger partial charge in [0, 0.05) is 33.3 Å². The molecule has 1 fully saturated rings. The van der Waals surface area contributed by atoms with Gasteiger partial charge in [-0.05, 0) is 27.2 Å². The molecule has 1 rings (SSSR count). The third kappa shape index (κ3) is 5.39. The average molecular weight is 318 g/mol. The molecule has 130 valence electrons. The van der Waals surface area contributed by atoms with Crippen molar-refractivity contribution in [2.45, 2.75) is 58.2 Å². The molecular formula is C15H30N2O5.